The maximum atomic E-state index is 12.6. The van der Waals surface area contributed by atoms with Gasteiger partial charge in [-0.15, -0.1) is 0 Å². The zero-order valence-electron chi connectivity index (χ0n) is 19.3. The van der Waals surface area contributed by atoms with Crippen LogP contribution >= 0.6 is 11.6 Å². The lowest BCUT2D eigenvalue weighted by atomic mass is 10.2. The molecule has 2 aromatic carbocycles. The van der Waals surface area contributed by atoms with Gasteiger partial charge in [-0.2, -0.15) is 0 Å². The topological polar surface area (TPSA) is 103 Å². The molecule has 0 bridgehead atoms. The summed E-state index contributed by atoms with van der Waals surface area (Å²) in [6.07, 6.45) is 1.66. The highest BCUT2D eigenvalue weighted by atomic mass is 35.5. The first kappa shape index (κ1) is 23.9. The van der Waals surface area contributed by atoms with E-state index in [0.29, 0.717) is 45.0 Å². The molecule has 4 aromatic rings. The Morgan fingerprint density at radius 3 is 2.57 bits per heavy atom. The number of halogens is 1. The number of hydrogen-bond donors (Lipinski definition) is 2. The molecule has 10 heteroatoms. The van der Waals surface area contributed by atoms with Crippen molar-refractivity contribution in [2.45, 2.75) is 13.5 Å². The molecule has 2 amide bonds. The van der Waals surface area contributed by atoms with E-state index in [-0.39, 0.29) is 12.2 Å². The van der Waals surface area contributed by atoms with Crippen molar-refractivity contribution in [2.75, 3.05) is 24.9 Å². The van der Waals surface area contributed by atoms with Crippen LogP contribution in [0.3, 0.4) is 0 Å². The highest BCUT2D eigenvalue weighted by molar-refractivity contribution is 6.32. The fourth-order valence-corrected chi connectivity index (χ4v) is 3.65. The first-order valence-corrected chi connectivity index (χ1v) is 11.0. The van der Waals surface area contributed by atoms with E-state index < -0.39 is 6.03 Å². The van der Waals surface area contributed by atoms with E-state index in [9.17, 15) is 9.59 Å². The fourth-order valence-electron chi connectivity index (χ4n) is 3.40. The third kappa shape index (κ3) is 5.47. The molecule has 0 radical (unpaired) electrons. The first-order chi connectivity index (χ1) is 16.9. The Bertz CT molecular complexity index is 1450. The lowest BCUT2D eigenvalue weighted by Gasteiger charge is -2.15. The molecule has 0 saturated heterocycles. The number of rotatable bonds is 7. The number of fused-ring (bicyclic) bond motifs is 1. The van der Waals surface area contributed by atoms with Gasteiger partial charge in [0.15, 0.2) is 0 Å². The molecule has 0 saturated carbocycles. The number of benzene rings is 2. The van der Waals surface area contributed by atoms with Gasteiger partial charge in [-0.25, -0.2) is 9.78 Å². The second-order valence-electron chi connectivity index (χ2n) is 7.55. The quantitative estimate of drug-likeness (QED) is 0.379. The van der Waals surface area contributed by atoms with Crippen LogP contribution in [0, 0.1) is 6.92 Å². The van der Waals surface area contributed by atoms with E-state index in [2.05, 4.69) is 15.6 Å². The molecule has 0 atom stereocenters. The predicted molar refractivity (Wildman–Crippen MR) is 134 cm³/mol. The average Bonchev–Trinajstić information content (AvgIpc) is 2.84. The third-order valence-corrected chi connectivity index (χ3v) is 5.46. The van der Waals surface area contributed by atoms with Crippen LogP contribution < -0.4 is 30.4 Å². The minimum atomic E-state index is -0.497. The van der Waals surface area contributed by atoms with Gasteiger partial charge in [0.05, 0.1) is 30.6 Å². The van der Waals surface area contributed by atoms with Gasteiger partial charge in [-0.1, -0.05) is 23.7 Å². The number of hydrogen-bond acceptors (Lipinski definition) is 6. The number of urea groups is 1. The molecular weight excluding hydrogens is 472 g/mol. The smallest absolute Gasteiger partial charge is 0.323 e. The minimum absolute atomic E-state index is 0.0959. The second-order valence-corrected chi connectivity index (χ2v) is 7.96. The number of amides is 2. The number of aryl methyl sites for hydroxylation is 1. The van der Waals surface area contributed by atoms with Gasteiger partial charge in [-0.3, -0.25) is 9.20 Å². The minimum Gasteiger partial charge on any atom is -0.495 e. The first-order valence-electron chi connectivity index (χ1n) is 10.6. The van der Waals surface area contributed by atoms with Crippen molar-refractivity contribution in [1.29, 1.82) is 0 Å². The largest absolute Gasteiger partial charge is 0.495 e. The summed E-state index contributed by atoms with van der Waals surface area (Å²) in [5, 5.41) is 5.80. The average molecular weight is 495 g/mol. The molecular formula is C25H23ClN4O5. The lowest BCUT2D eigenvalue weighted by Crippen LogP contribution is -2.20. The molecule has 0 aliphatic rings. The standard InChI is InChI=1S/C25H23ClN4O5/c1-15-7-8-16(28-25(32)29-19-12-18(26)21(33-2)13-22(19)34-3)10-20(15)35-14-17-11-24(31)30-9-5-4-6-23(30)27-17/h4-13H,14H2,1-3H3,(H2,28,29,32). The summed E-state index contributed by atoms with van der Waals surface area (Å²) in [6, 6.07) is 14.7. The number of anilines is 2. The normalized spacial score (nSPS) is 10.6. The summed E-state index contributed by atoms with van der Waals surface area (Å²) in [7, 11) is 2.97. The molecule has 2 N–H and O–H groups in total. The van der Waals surface area contributed by atoms with Crippen LogP contribution in [0.25, 0.3) is 5.65 Å². The third-order valence-electron chi connectivity index (χ3n) is 5.17. The molecule has 0 unspecified atom stereocenters. The van der Waals surface area contributed by atoms with Gasteiger partial charge in [0.25, 0.3) is 5.56 Å². The number of carbonyl (C=O) groups is 1. The van der Waals surface area contributed by atoms with Gasteiger partial charge >= 0.3 is 6.03 Å². The SMILES string of the molecule is COc1cc(OC)c(NC(=O)Nc2ccc(C)c(OCc3cc(=O)n4ccccc4n3)c2)cc1Cl. The Labute approximate surface area is 206 Å². The lowest BCUT2D eigenvalue weighted by molar-refractivity contribution is 0.262. The number of ether oxygens (including phenoxy) is 3. The number of methoxy groups -OCH3 is 2. The summed E-state index contributed by atoms with van der Waals surface area (Å²) >= 11 is 6.17. The van der Waals surface area contributed by atoms with Crippen LogP contribution in [0.4, 0.5) is 16.2 Å². The monoisotopic (exact) mass is 494 g/mol. The Morgan fingerprint density at radius 2 is 1.80 bits per heavy atom. The van der Waals surface area contributed by atoms with Crippen molar-refractivity contribution >= 4 is 34.7 Å². The van der Waals surface area contributed by atoms with E-state index in [0.717, 1.165) is 5.56 Å². The summed E-state index contributed by atoms with van der Waals surface area (Å²) in [6.45, 7) is 1.98. The Kier molecular flexibility index (Phi) is 7.07. The zero-order chi connectivity index (χ0) is 24.9. The summed E-state index contributed by atoms with van der Waals surface area (Å²) in [5.41, 5.74) is 2.60. The van der Waals surface area contributed by atoms with Crippen molar-refractivity contribution < 1.29 is 19.0 Å². The Morgan fingerprint density at radius 1 is 1.00 bits per heavy atom. The summed E-state index contributed by atoms with van der Waals surface area (Å²) < 4.78 is 17.9. The highest BCUT2D eigenvalue weighted by Crippen LogP contribution is 2.36. The molecule has 0 aliphatic carbocycles. The number of pyridine rings is 1. The van der Waals surface area contributed by atoms with Crippen molar-refractivity contribution in [3.63, 3.8) is 0 Å². The van der Waals surface area contributed by atoms with Crippen molar-refractivity contribution in [3.8, 4) is 17.2 Å². The molecule has 180 valence electrons. The van der Waals surface area contributed by atoms with E-state index in [1.54, 1.807) is 42.6 Å². The number of nitrogens with zero attached hydrogens (tertiary/aromatic N) is 2. The molecule has 35 heavy (non-hydrogen) atoms. The number of carbonyl (C=O) groups excluding carboxylic acids is 1. The van der Waals surface area contributed by atoms with E-state index >= 15 is 0 Å². The molecule has 0 fully saturated rings. The van der Waals surface area contributed by atoms with E-state index in [4.69, 9.17) is 25.8 Å². The van der Waals surface area contributed by atoms with E-state index in [1.165, 1.54) is 24.7 Å². The van der Waals surface area contributed by atoms with Crippen LogP contribution in [-0.2, 0) is 6.61 Å². The maximum absolute atomic E-state index is 12.6. The molecule has 0 spiro atoms. The van der Waals surface area contributed by atoms with Crippen LogP contribution in [0.15, 0.2) is 65.6 Å². The molecule has 2 aromatic heterocycles. The number of nitrogens with one attached hydrogen (secondary N) is 2. The molecule has 2 heterocycles. The Hall–Kier alpha value is -4.24. The van der Waals surface area contributed by atoms with E-state index in [1.807, 2.05) is 19.1 Å². The molecule has 9 nitrogen and oxygen atoms in total. The van der Waals surface area contributed by atoms with Gasteiger partial charge in [-0.05, 0) is 36.8 Å². The van der Waals surface area contributed by atoms with Gasteiger partial charge in [0.2, 0.25) is 0 Å². The van der Waals surface area contributed by atoms with Crippen molar-refractivity contribution in [3.05, 3.63) is 87.4 Å². The van der Waals surface area contributed by atoms with Gasteiger partial charge in [0, 0.05) is 30.1 Å². The fraction of sp³-hybridized carbons (Fsp3) is 0.160. The zero-order valence-corrected chi connectivity index (χ0v) is 20.1. The molecule has 4 rings (SSSR count). The highest BCUT2D eigenvalue weighted by Gasteiger charge is 2.13. The maximum Gasteiger partial charge on any atom is 0.323 e. The van der Waals surface area contributed by atoms with Crippen LogP contribution in [0.1, 0.15) is 11.3 Å². The Balaban J connectivity index is 1.46. The van der Waals surface area contributed by atoms with Gasteiger partial charge < -0.3 is 24.8 Å². The molecule has 0 aliphatic heterocycles. The summed E-state index contributed by atoms with van der Waals surface area (Å²) in [5.74, 6) is 1.37. The second kappa shape index (κ2) is 10.4. The van der Waals surface area contributed by atoms with Crippen LogP contribution in [0.2, 0.25) is 5.02 Å². The van der Waals surface area contributed by atoms with Gasteiger partial charge in [0.1, 0.15) is 29.5 Å². The van der Waals surface area contributed by atoms with Crippen LogP contribution in [-0.4, -0.2) is 29.6 Å². The van der Waals surface area contributed by atoms with Crippen molar-refractivity contribution in [2.24, 2.45) is 0 Å². The predicted octanol–water partition coefficient (Wildman–Crippen LogP) is 4.90. The summed E-state index contributed by atoms with van der Waals surface area (Å²) in [4.78, 5) is 29.4. The number of aromatic nitrogens is 2. The van der Waals surface area contributed by atoms with Crippen molar-refractivity contribution in [1.82, 2.24) is 9.38 Å². The van der Waals surface area contributed by atoms with Crippen LogP contribution in [0.5, 0.6) is 17.2 Å².